The summed E-state index contributed by atoms with van der Waals surface area (Å²) < 4.78 is 0. The zero-order valence-corrected chi connectivity index (χ0v) is 8.99. The van der Waals surface area contributed by atoms with E-state index in [1.54, 1.807) is 6.92 Å². The molecule has 0 spiro atoms. The predicted molar refractivity (Wildman–Crippen MR) is 55.2 cm³/mol. The van der Waals surface area contributed by atoms with Crippen molar-refractivity contribution in [3.8, 4) is 0 Å². The van der Waals surface area contributed by atoms with Gasteiger partial charge in [0.05, 0.1) is 0 Å². The van der Waals surface area contributed by atoms with Crippen LogP contribution in [-0.4, -0.2) is 32.4 Å². The molecule has 1 aliphatic rings. The molecule has 0 aliphatic carbocycles. The lowest BCUT2D eigenvalue weighted by Crippen LogP contribution is -2.12. The number of aliphatic carboxylic acids is 1. The zero-order valence-electron chi connectivity index (χ0n) is 7.36. The Kier molecular flexibility index (Phi) is 4.12. The zero-order chi connectivity index (χ0) is 9.84. The number of hydrogen-bond donors (Lipinski definition) is 1. The standard InChI is InChI=1S/C8H12O3S2/c1-5(9)12-4-6-2-3-7(13-6)8(10)11/h6-7H,2-4H2,1H3,(H,10,11)/t6-,7-/m1/s1. The van der Waals surface area contributed by atoms with E-state index in [1.165, 1.54) is 23.5 Å². The molecule has 0 unspecified atom stereocenters. The van der Waals surface area contributed by atoms with Crippen LogP contribution in [0, 0.1) is 0 Å². The van der Waals surface area contributed by atoms with Gasteiger partial charge in [0, 0.05) is 17.9 Å². The first-order valence-corrected chi connectivity index (χ1v) is 6.04. The van der Waals surface area contributed by atoms with Crippen molar-refractivity contribution in [2.75, 3.05) is 5.75 Å². The Balaban J connectivity index is 2.25. The first-order chi connectivity index (χ1) is 6.09. The molecule has 0 bridgehead atoms. The Bertz CT molecular complexity index is 217. The molecule has 0 radical (unpaired) electrons. The third-order valence-corrected chi connectivity index (χ3v) is 4.60. The lowest BCUT2D eigenvalue weighted by atomic mass is 10.2. The van der Waals surface area contributed by atoms with E-state index in [0.29, 0.717) is 5.25 Å². The summed E-state index contributed by atoms with van der Waals surface area (Å²) in [5.41, 5.74) is 0. The fourth-order valence-corrected chi connectivity index (χ4v) is 3.45. The van der Waals surface area contributed by atoms with E-state index >= 15 is 0 Å². The first-order valence-electron chi connectivity index (χ1n) is 4.11. The highest BCUT2D eigenvalue weighted by molar-refractivity contribution is 8.14. The highest BCUT2D eigenvalue weighted by atomic mass is 32.2. The molecule has 1 heterocycles. The highest BCUT2D eigenvalue weighted by Gasteiger charge is 2.30. The SMILES string of the molecule is CC(=O)SC[C@H]1CC[C@H](C(=O)O)S1. The second kappa shape index (κ2) is 4.91. The molecule has 2 atom stereocenters. The van der Waals surface area contributed by atoms with Gasteiger partial charge in [-0.3, -0.25) is 9.59 Å². The normalized spacial score (nSPS) is 27.5. The van der Waals surface area contributed by atoms with Crippen LogP contribution in [-0.2, 0) is 9.59 Å². The minimum Gasteiger partial charge on any atom is -0.480 e. The number of carboxylic acid groups (broad SMARTS) is 1. The lowest BCUT2D eigenvalue weighted by molar-refractivity contribution is -0.136. The molecule has 1 saturated heterocycles. The van der Waals surface area contributed by atoms with Crippen LogP contribution in [0.4, 0.5) is 0 Å². The maximum absolute atomic E-state index is 10.7. The smallest absolute Gasteiger partial charge is 0.316 e. The van der Waals surface area contributed by atoms with Gasteiger partial charge in [-0.25, -0.2) is 0 Å². The van der Waals surface area contributed by atoms with Gasteiger partial charge in [0.25, 0.3) is 0 Å². The summed E-state index contributed by atoms with van der Waals surface area (Å²) in [5.74, 6) is 0.0318. The van der Waals surface area contributed by atoms with Gasteiger partial charge in [-0.2, -0.15) is 0 Å². The van der Waals surface area contributed by atoms with Gasteiger partial charge in [0.1, 0.15) is 5.25 Å². The van der Waals surface area contributed by atoms with Crippen molar-refractivity contribution in [3.63, 3.8) is 0 Å². The third kappa shape index (κ3) is 3.60. The van der Waals surface area contributed by atoms with Crippen LogP contribution in [0.15, 0.2) is 0 Å². The summed E-state index contributed by atoms with van der Waals surface area (Å²) in [6.45, 7) is 1.54. The van der Waals surface area contributed by atoms with E-state index < -0.39 is 5.97 Å². The average molecular weight is 220 g/mol. The van der Waals surface area contributed by atoms with Gasteiger partial charge in [0.2, 0.25) is 0 Å². The maximum atomic E-state index is 10.7. The Morgan fingerprint density at radius 1 is 1.54 bits per heavy atom. The topological polar surface area (TPSA) is 54.4 Å². The van der Waals surface area contributed by atoms with Crippen LogP contribution in [0.1, 0.15) is 19.8 Å². The van der Waals surface area contributed by atoms with Crippen molar-refractivity contribution in [3.05, 3.63) is 0 Å². The molecule has 74 valence electrons. The molecule has 0 aromatic heterocycles. The summed E-state index contributed by atoms with van der Waals surface area (Å²) in [6.07, 6.45) is 1.66. The van der Waals surface area contributed by atoms with Gasteiger partial charge >= 0.3 is 5.97 Å². The molecule has 1 fully saturated rings. The van der Waals surface area contributed by atoms with E-state index in [0.717, 1.165) is 18.6 Å². The molecule has 13 heavy (non-hydrogen) atoms. The van der Waals surface area contributed by atoms with Crippen LogP contribution in [0.25, 0.3) is 0 Å². The summed E-state index contributed by atoms with van der Waals surface area (Å²) in [4.78, 5) is 21.2. The Morgan fingerprint density at radius 2 is 2.23 bits per heavy atom. The number of hydrogen-bond acceptors (Lipinski definition) is 4. The number of carbonyl (C=O) groups excluding carboxylic acids is 1. The summed E-state index contributed by atoms with van der Waals surface area (Å²) >= 11 is 2.78. The molecule has 1 N–H and O–H groups in total. The van der Waals surface area contributed by atoms with Crippen molar-refractivity contribution < 1.29 is 14.7 Å². The van der Waals surface area contributed by atoms with E-state index in [9.17, 15) is 9.59 Å². The second-order valence-corrected chi connectivity index (χ2v) is 5.67. The van der Waals surface area contributed by atoms with E-state index in [-0.39, 0.29) is 10.4 Å². The van der Waals surface area contributed by atoms with Crippen LogP contribution in [0.3, 0.4) is 0 Å². The van der Waals surface area contributed by atoms with Crippen molar-refractivity contribution >= 4 is 34.6 Å². The molecule has 0 aromatic rings. The molecule has 5 heteroatoms. The summed E-state index contributed by atoms with van der Waals surface area (Å²) in [7, 11) is 0. The quantitative estimate of drug-likeness (QED) is 0.783. The van der Waals surface area contributed by atoms with Crippen molar-refractivity contribution in [1.29, 1.82) is 0 Å². The van der Waals surface area contributed by atoms with Gasteiger partial charge in [-0.05, 0) is 12.8 Å². The fourth-order valence-electron chi connectivity index (χ4n) is 1.22. The monoisotopic (exact) mass is 220 g/mol. The first kappa shape index (κ1) is 10.9. The van der Waals surface area contributed by atoms with E-state index in [2.05, 4.69) is 0 Å². The van der Waals surface area contributed by atoms with Crippen molar-refractivity contribution in [2.24, 2.45) is 0 Å². The van der Waals surface area contributed by atoms with Crippen LogP contribution >= 0.6 is 23.5 Å². The summed E-state index contributed by atoms with van der Waals surface area (Å²) in [6, 6.07) is 0. The van der Waals surface area contributed by atoms with Crippen LogP contribution in [0.5, 0.6) is 0 Å². The number of thioether (sulfide) groups is 2. The molecular weight excluding hydrogens is 208 g/mol. The van der Waals surface area contributed by atoms with Gasteiger partial charge in [0.15, 0.2) is 5.12 Å². The van der Waals surface area contributed by atoms with Crippen molar-refractivity contribution in [1.82, 2.24) is 0 Å². The largest absolute Gasteiger partial charge is 0.480 e. The molecule has 3 nitrogen and oxygen atoms in total. The molecular formula is C8H12O3S2. The van der Waals surface area contributed by atoms with Gasteiger partial charge < -0.3 is 5.11 Å². The number of carbonyl (C=O) groups is 2. The van der Waals surface area contributed by atoms with E-state index in [1.807, 2.05) is 0 Å². The summed E-state index contributed by atoms with van der Waals surface area (Å²) in [5, 5.41) is 8.91. The van der Waals surface area contributed by atoms with Crippen LogP contribution in [0.2, 0.25) is 0 Å². The van der Waals surface area contributed by atoms with Gasteiger partial charge in [-0.15, -0.1) is 11.8 Å². The van der Waals surface area contributed by atoms with Gasteiger partial charge in [-0.1, -0.05) is 11.8 Å². The van der Waals surface area contributed by atoms with E-state index in [4.69, 9.17) is 5.11 Å². The number of carboxylic acids is 1. The average Bonchev–Trinajstić information content (AvgIpc) is 2.48. The Labute approximate surface area is 85.7 Å². The minimum atomic E-state index is -0.722. The predicted octanol–water partition coefficient (Wildman–Crippen LogP) is 1.61. The van der Waals surface area contributed by atoms with Crippen molar-refractivity contribution in [2.45, 2.75) is 30.3 Å². The maximum Gasteiger partial charge on any atom is 0.316 e. The molecule has 1 aliphatic heterocycles. The second-order valence-electron chi connectivity index (χ2n) is 2.96. The molecule has 0 amide bonds. The Morgan fingerprint density at radius 3 is 2.69 bits per heavy atom. The fraction of sp³-hybridized carbons (Fsp3) is 0.750. The Hall–Kier alpha value is -0.160. The highest BCUT2D eigenvalue weighted by Crippen LogP contribution is 2.35. The third-order valence-electron chi connectivity index (χ3n) is 1.86. The molecule has 0 saturated carbocycles. The molecule has 0 aromatic carbocycles. The van der Waals surface area contributed by atoms with Crippen LogP contribution < -0.4 is 0 Å². The lowest BCUT2D eigenvalue weighted by Gasteiger charge is -2.06. The minimum absolute atomic E-state index is 0.111. The number of rotatable bonds is 3. The molecule has 1 rings (SSSR count).